The number of nitrogens with one attached hydrogen (secondary N) is 2. The number of rotatable bonds is 9. The number of anilines is 2. The molecule has 1 amide bonds. The Balaban J connectivity index is 1.66. The first-order valence-corrected chi connectivity index (χ1v) is 11.5. The van der Waals surface area contributed by atoms with Crippen LogP contribution in [0.15, 0.2) is 71.6 Å². The lowest BCUT2D eigenvalue weighted by Crippen LogP contribution is -2.17. The smallest absolute Gasteiger partial charge is 0.262 e. The standard InChI is InChI=1S/C24H26N2O5S/c1-17-8-12-20(13-9-17)31-15-14-24(27)25-19-11-10-18(2)23(16-19)32(28,29)26-21-6-4-5-7-22(21)30-3/h4-13,16,26H,14-15H2,1-3H3,(H,25,27). The summed E-state index contributed by atoms with van der Waals surface area (Å²) in [6, 6.07) is 19.1. The fraction of sp³-hybridized carbons (Fsp3) is 0.208. The number of sulfonamides is 1. The molecule has 0 aromatic heterocycles. The van der Waals surface area contributed by atoms with Crippen LogP contribution >= 0.6 is 0 Å². The zero-order valence-corrected chi connectivity index (χ0v) is 19.0. The molecule has 7 nitrogen and oxygen atoms in total. The highest BCUT2D eigenvalue weighted by molar-refractivity contribution is 7.92. The van der Waals surface area contributed by atoms with Crippen molar-refractivity contribution >= 4 is 27.3 Å². The lowest BCUT2D eigenvalue weighted by Gasteiger charge is -2.14. The molecule has 0 atom stereocenters. The molecule has 0 saturated heterocycles. The van der Waals surface area contributed by atoms with Crippen molar-refractivity contribution in [2.75, 3.05) is 23.8 Å². The quantitative estimate of drug-likeness (QED) is 0.496. The Morgan fingerprint density at radius 3 is 2.41 bits per heavy atom. The van der Waals surface area contributed by atoms with Crippen LogP contribution in [-0.2, 0) is 14.8 Å². The third-order valence-electron chi connectivity index (χ3n) is 4.73. The summed E-state index contributed by atoms with van der Waals surface area (Å²) in [5.74, 6) is 0.822. The molecule has 0 aliphatic rings. The Morgan fingerprint density at radius 2 is 1.69 bits per heavy atom. The molecule has 0 fully saturated rings. The number of carbonyl (C=O) groups excluding carboxylic acids is 1. The maximum atomic E-state index is 13.0. The molecule has 0 aliphatic carbocycles. The molecule has 32 heavy (non-hydrogen) atoms. The average molecular weight is 455 g/mol. The van der Waals surface area contributed by atoms with Crippen LogP contribution in [0, 0.1) is 13.8 Å². The Labute approximate surface area is 188 Å². The summed E-state index contributed by atoms with van der Waals surface area (Å²) >= 11 is 0. The van der Waals surface area contributed by atoms with Crippen LogP contribution in [0.5, 0.6) is 11.5 Å². The van der Waals surface area contributed by atoms with Gasteiger partial charge in [-0.3, -0.25) is 9.52 Å². The van der Waals surface area contributed by atoms with Gasteiger partial charge in [0, 0.05) is 5.69 Å². The molecule has 0 unspecified atom stereocenters. The molecule has 8 heteroatoms. The molecule has 3 aromatic carbocycles. The maximum Gasteiger partial charge on any atom is 0.262 e. The Kier molecular flexibility index (Phi) is 7.37. The summed E-state index contributed by atoms with van der Waals surface area (Å²) in [4.78, 5) is 12.4. The minimum Gasteiger partial charge on any atom is -0.495 e. The number of carbonyl (C=O) groups is 1. The molecular weight excluding hydrogens is 428 g/mol. The van der Waals surface area contributed by atoms with E-state index in [1.807, 2.05) is 31.2 Å². The number of aryl methyl sites for hydroxylation is 2. The number of benzene rings is 3. The highest BCUT2D eigenvalue weighted by Gasteiger charge is 2.20. The van der Waals surface area contributed by atoms with Gasteiger partial charge >= 0.3 is 0 Å². The molecule has 2 N–H and O–H groups in total. The van der Waals surface area contributed by atoms with E-state index in [-0.39, 0.29) is 23.8 Å². The Bertz CT molecular complexity index is 1190. The second-order valence-corrected chi connectivity index (χ2v) is 8.90. The molecule has 0 radical (unpaired) electrons. The fourth-order valence-electron chi connectivity index (χ4n) is 3.02. The van der Waals surface area contributed by atoms with E-state index in [0.29, 0.717) is 28.4 Å². The van der Waals surface area contributed by atoms with Gasteiger partial charge in [-0.15, -0.1) is 0 Å². The average Bonchev–Trinajstić information content (AvgIpc) is 2.76. The molecule has 3 rings (SSSR count). The number of amides is 1. The van der Waals surface area contributed by atoms with E-state index in [0.717, 1.165) is 5.56 Å². The van der Waals surface area contributed by atoms with Crippen molar-refractivity contribution in [3.05, 3.63) is 77.9 Å². The molecule has 0 spiro atoms. The third kappa shape index (κ3) is 6.01. The largest absolute Gasteiger partial charge is 0.495 e. The first kappa shape index (κ1) is 23.1. The highest BCUT2D eigenvalue weighted by atomic mass is 32.2. The van der Waals surface area contributed by atoms with Crippen molar-refractivity contribution in [1.29, 1.82) is 0 Å². The van der Waals surface area contributed by atoms with Crippen LogP contribution in [-0.4, -0.2) is 28.0 Å². The van der Waals surface area contributed by atoms with Crippen LogP contribution in [0.1, 0.15) is 17.5 Å². The normalized spacial score (nSPS) is 11.0. The van der Waals surface area contributed by atoms with Gasteiger partial charge in [0.25, 0.3) is 10.0 Å². The van der Waals surface area contributed by atoms with Crippen molar-refractivity contribution in [3.63, 3.8) is 0 Å². The van der Waals surface area contributed by atoms with Crippen molar-refractivity contribution < 1.29 is 22.7 Å². The number of para-hydroxylation sites is 2. The van der Waals surface area contributed by atoms with Crippen molar-refractivity contribution in [2.24, 2.45) is 0 Å². The second kappa shape index (κ2) is 10.2. The molecular formula is C24H26N2O5S. The van der Waals surface area contributed by atoms with Gasteiger partial charge < -0.3 is 14.8 Å². The molecule has 3 aromatic rings. The van der Waals surface area contributed by atoms with Crippen LogP contribution in [0.4, 0.5) is 11.4 Å². The predicted octanol–water partition coefficient (Wildman–Crippen LogP) is 4.52. The molecule has 168 valence electrons. The zero-order chi connectivity index (χ0) is 23.1. The van der Waals surface area contributed by atoms with Crippen LogP contribution in [0.25, 0.3) is 0 Å². The first-order valence-electron chi connectivity index (χ1n) is 10.0. The van der Waals surface area contributed by atoms with Crippen LogP contribution < -0.4 is 19.5 Å². The van der Waals surface area contributed by atoms with Crippen molar-refractivity contribution in [1.82, 2.24) is 0 Å². The predicted molar refractivity (Wildman–Crippen MR) is 125 cm³/mol. The Hall–Kier alpha value is -3.52. The van der Waals surface area contributed by atoms with Gasteiger partial charge in [-0.2, -0.15) is 0 Å². The van der Waals surface area contributed by atoms with Gasteiger partial charge in [0.15, 0.2) is 0 Å². The SMILES string of the molecule is COc1ccccc1NS(=O)(=O)c1cc(NC(=O)CCOc2ccc(C)cc2)ccc1C. The van der Waals surface area contributed by atoms with Crippen molar-refractivity contribution in [2.45, 2.75) is 25.2 Å². The van der Waals surface area contributed by atoms with Crippen LogP contribution in [0.3, 0.4) is 0 Å². The van der Waals surface area contributed by atoms with Crippen LogP contribution in [0.2, 0.25) is 0 Å². The summed E-state index contributed by atoms with van der Waals surface area (Å²) in [6.45, 7) is 3.89. The van der Waals surface area contributed by atoms with E-state index in [2.05, 4.69) is 10.0 Å². The van der Waals surface area contributed by atoms with Gasteiger partial charge in [-0.25, -0.2) is 8.42 Å². The summed E-state index contributed by atoms with van der Waals surface area (Å²) in [5, 5.41) is 2.73. The minimum absolute atomic E-state index is 0.0668. The topological polar surface area (TPSA) is 93.7 Å². The van der Waals surface area contributed by atoms with Gasteiger partial charge in [-0.1, -0.05) is 35.9 Å². The number of ether oxygens (including phenoxy) is 2. The maximum absolute atomic E-state index is 13.0. The lowest BCUT2D eigenvalue weighted by atomic mass is 10.2. The van der Waals surface area contributed by atoms with E-state index in [4.69, 9.17) is 9.47 Å². The summed E-state index contributed by atoms with van der Waals surface area (Å²) in [5.41, 5.74) is 2.39. The van der Waals surface area contributed by atoms with E-state index < -0.39 is 10.0 Å². The van der Waals surface area contributed by atoms with Gasteiger partial charge in [0.2, 0.25) is 5.91 Å². The number of hydrogen-bond acceptors (Lipinski definition) is 5. The number of methoxy groups -OCH3 is 1. The fourth-order valence-corrected chi connectivity index (χ4v) is 4.36. The van der Waals surface area contributed by atoms with Gasteiger partial charge in [0.05, 0.1) is 30.7 Å². The highest BCUT2D eigenvalue weighted by Crippen LogP contribution is 2.28. The molecule has 0 saturated carbocycles. The number of hydrogen-bond donors (Lipinski definition) is 2. The zero-order valence-electron chi connectivity index (χ0n) is 18.2. The summed E-state index contributed by atoms with van der Waals surface area (Å²) < 4.78 is 39.3. The van der Waals surface area contributed by atoms with E-state index in [1.165, 1.54) is 13.2 Å². The first-order chi connectivity index (χ1) is 15.3. The molecule has 0 aliphatic heterocycles. The van der Waals surface area contributed by atoms with Gasteiger partial charge in [0.1, 0.15) is 11.5 Å². The monoisotopic (exact) mass is 454 g/mol. The minimum atomic E-state index is -3.90. The van der Waals surface area contributed by atoms with E-state index in [1.54, 1.807) is 43.3 Å². The molecule has 0 heterocycles. The van der Waals surface area contributed by atoms with Gasteiger partial charge in [-0.05, 0) is 55.8 Å². The Morgan fingerprint density at radius 1 is 0.969 bits per heavy atom. The summed E-state index contributed by atoms with van der Waals surface area (Å²) in [6.07, 6.45) is 0.128. The summed E-state index contributed by atoms with van der Waals surface area (Å²) in [7, 11) is -2.43. The van der Waals surface area contributed by atoms with Crippen molar-refractivity contribution in [3.8, 4) is 11.5 Å². The second-order valence-electron chi connectivity index (χ2n) is 7.25. The molecule has 0 bridgehead atoms. The lowest BCUT2D eigenvalue weighted by molar-refractivity contribution is -0.116. The third-order valence-corrected chi connectivity index (χ3v) is 6.24. The van der Waals surface area contributed by atoms with E-state index in [9.17, 15) is 13.2 Å². The van der Waals surface area contributed by atoms with E-state index >= 15 is 0 Å².